The Morgan fingerprint density at radius 1 is 1.00 bits per heavy atom. The van der Waals surface area contributed by atoms with Crippen LogP contribution in [0, 0.1) is 39.7 Å². The molecule has 0 unspecified atom stereocenters. The van der Waals surface area contributed by atoms with E-state index >= 15 is 0 Å². The summed E-state index contributed by atoms with van der Waals surface area (Å²) in [5, 5.41) is 14.2. The number of rotatable bonds is 7. The number of carbonyl (C=O) groups is 3. The summed E-state index contributed by atoms with van der Waals surface area (Å²) in [6.07, 6.45) is -3.95. The van der Waals surface area contributed by atoms with Crippen LogP contribution in [0.5, 0.6) is 5.75 Å². The number of non-ortho nitro benzene ring substituents is 1. The molecule has 2 N–H and O–H groups in total. The van der Waals surface area contributed by atoms with Gasteiger partial charge in [-0.2, -0.15) is 13.2 Å². The molecular weight excluding hydrogens is 698 g/mol. The van der Waals surface area contributed by atoms with Gasteiger partial charge in [-0.1, -0.05) is 35.6 Å². The monoisotopic (exact) mass is 722 g/mol. The van der Waals surface area contributed by atoms with Gasteiger partial charge in [-0.15, -0.1) is 11.8 Å². The maximum Gasteiger partial charge on any atom is 0.416 e. The molecule has 2 bridgehead atoms. The number of halogens is 3. The lowest BCUT2D eigenvalue weighted by Gasteiger charge is -2.43. The second kappa shape index (κ2) is 11.8. The lowest BCUT2D eigenvalue weighted by molar-refractivity contribution is -0.384. The Labute approximate surface area is 289 Å². The van der Waals surface area contributed by atoms with Crippen molar-refractivity contribution in [3.05, 3.63) is 109 Å². The minimum atomic E-state index is -4.58. The molecule has 1 aromatic heterocycles. The third-order valence-corrected chi connectivity index (χ3v) is 12.7. The van der Waals surface area contributed by atoms with Crippen molar-refractivity contribution in [2.24, 2.45) is 29.6 Å². The zero-order valence-electron chi connectivity index (χ0n) is 25.6. The number of imide groups is 1. The maximum atomic E-state index is 14.0. The number of aromatic nitrogens is 1. The van der Waals surface area contributed by atoms with E-state index in [-0.39, 0.29) is 56.8 Å². The predicted octanol–water partition coefficient (Wildman–Crippen LogP) is 6.06. The number of fused-ring (bicyclic) bond motifs is 9. The number of hydrogen-bond acceptors (Lipinski definition) is 9. The molecule has 2 aliphatic heterocycles. The first kappa shape index (κ1) is 32.3. The smallest absolute Gasteiger partial charge is 0.416 e. The van der Waals surface area contributed by atoms with Gasteiger partial charge in [0.05, 0.1) is 33.0 Å². The van der Waals surface area contributed by atoms with Gasteiger partial charge in [-0.3, -0.25) is 34.2 Å². The van der Waals surface area contributed by atoms with Gasteiger partial charge in [0.2, 0.25) is 11.8 Å². The average molecular weight is 723 g/mol. The fourth-order valence-corrected chi connectivity index (χ4v) is 11.2. The van der Waals surface area contributed by atoms with E-state index in [9.17, 15) is 42.5 Å². The molecule has 3 amide bonds. The number of ether oxygens (including phenoxy) is 1. The zero-order chi connectivity index (χ0) is 35.1. The number of nitrogens with zero attached hydrogens (tertiary/aromatic N) is 2. The highest BCUT2D eigenvalue weighted by Crippen LogP contribution is 2.69. The van der Waals surface area contributed by atoms with E-state index < -0.39 is 46.9 Å². The van der Waals surface area contributed by atoms with Crippen LogP contribution in [0.1, 0.15) is 28.3 Å². The SMILES string of the molecule is O=C(COc1ccccc1[C@@H]1c2sc(=O)[nH]c2S[C@@H]2[C@@H]3C[C@@H]([C@@H]4C(=O)N(c5ccc([N+](=O)[O-])cc5)C(=O)[C@@H]34)[C@H]12)Nc1cccc(C(F)(F)F)c1. The van der Waals surface area contributed by atoms with E-state index in [2.05, 4.69) is 10.3 Å². The Morgan fingerprint density at radius 3 is 2.44 bits per heavy atom. The molecule has 0 spiro atoms. The number of thiazole rings is 1. The summed E-state index contributed by atoms with van der Waals surface area (Å²) < 4.78 is 45.5. The van der Waals surface area contributed by atoms with Crippen molar-refractivity contribution in [2.45, 2.75) is 28.8 Å². The zero-order valence-corrected chi connectivity index (χ0v) is 27.2. The van der Waals surface area contributed by atoms with Gasteiger partial charge in [-0.25, -0.2) is 0 Å². The number of alkyl halides is 3. The Balaban J connectivity index is 1.09. The first-order valence-electron chi connectivity index (χ1n) is 15.6. The minimum Gasteiger partial charge on any atom is -0.483 e. The van der Waals surface area contributed by atoms with Gasteiger partial charge in [0.25, 0.3) is 11.6 Å². The number of nitrogens with one attached hydrogen (secondary N) is 2. The summed E-state index contributed by atoms with van der Waals surface area (Å²) in [7, 11) is 0. The fourth-order valence-electron chi connectivity index (χ4n) is 8.33. The lowest BCUT2D eigenvalue weighted by Crippen LogP contribution is -2.42. The summed E-state index contributed by atoms with van der Waals surface area (Å²) >= 11 is 2.56. The molecule has 4 aliphatic rings. The summed E-state index contributed by atoms with van der Waals surface area (Å²) in [6, 6.07) is 16.6. The van der Waals surface area contributed by atoms with E-state index in [1.807, 2.05) is 6.07 Å². The molecule has 0 radical (unpaired) electrons. The van der Waals surface area contributed by atoms with Gasteiger partial charge in [0.15, 0.2) is 6.61 Å². The molecule has 16 heteroatoms. The number of para-hydroxylation sites is 1. The van der Waals surface area contributed by atoms with Crippen LogP contribution in [-0.2, 0) is 20.6 Å². The molecule has 2 saturated carbocycles. The summed E-state index contributed by atoms with van der Waals surface area (Å²) in [6.45, 7) is -0.507. The normalized spacial score (nSPS) is 26.4. The van der Waals surface area contributed by atoms with Crippen LogP contribution in [0.2, 0.25) is 0 Å². The van der Waals surface area contributed by atoms with Crippen molar-refractivity contribution in [1.82, 2.24) is 4.98 Å². The number of anilines is 2. The number of thioether (sulfide) groups is 1. The summed E-state index contributed by atoms with van der Waals surface area (Å²) in [4.78, 5) is 68.7. The van der Waals surface area contributed by atoms with E-state index in [0.29, 0.717) is 22.8 Å². The van der Waals surface area contributed by atoms with Crippen molar-refractivity contribution >= 4 is 57.9 Å². The molecule has 7 atom stereocenters. The quantitative estimate of drug-likeness (QED) is 0.133. The molecule has 11 nitrogen and oxygen atoms in total. The Morgan fingerprint density at radius 2 is 1.72 bits per heavy atom. The van der Waals surface area contributed by atoms with E-state index in [1.54, 1.807) is 18.2 Å². The molecule has 3 fully saturated rings. The highest BCUT2D eigenvalue weighted by Gasteiger charge is 2.70. The highest BCUT2D eigenvalue weighted by atomic mass is 32.2. The van der Waals surface area contributed by atoms with Gasteiger partial charge < -0.3 is 15.0 Å². The van der Waals surface area contributed by atoms with Crippen LogP contribution in [0.4, 0.5) is 30.2 Å². The topological polar surface area (TPSA) is 152 Å². The van der Waals surface area contributed by atoms with Gasteiger partial charge in [0, 0.05) is 39.4 Å². The Hall–Kier alpha value is -4.96. The van der Waals surface area contributed by atoms with Crippen molar-refractivity contribution in [3.8, 4) is 5.75 Å². The Kier molecular flexibility index (Phi) is 7.63. The van der Waals surface area contributed by atoms with Crippen molar-refractivity contribution < 1.29 is 37.2 Å². The minimum absolute atomic E-state index is 0.0364. The molecular formula is C34H25F3N4O7S2. The number of nitro groups is 1. The van der Waals surface area contributed by atoms with Crippen molar-refractivity contribution in [2.75, 3.05) is 16.8 Å². The number of nitro benzene ring substituents is 1. The number of benzene rings is 3. The second-order valence-corrected chi connectivity index (χ2v) is 14.9. The first-order valence-corrected chi connectivity index (χ1v) is 17.3. The van der Waals surface area contributed by atoms with E-state index in [4.69, 9.17) is 4.74 Å². The fraction of sp³-hybridized carbons (Fsp3) is 0.294. The molecule has 50 heavy (non-hydrogen) atoms. The molecule has 8 rings (SSSR count). The number of hydrogen-bond donors (Lipinski definition) is 2. The average Bonchev–Trinajstić information content (AvgIpc) is 3.82. The molecule has 2 aliphatic carbocycles. The van der Waals surface area contributed by atoms with Crippen LogP contribution >= 0.6 is 23.1 Å². The third-order valence-electron chi connectivity index (χ3n) is 10.1. The van der Waals surface area contributed by atoms with Crippen LogP contribution in [0.25, 0.3) is 0 Å². The maximum absolute atomic E-state index is 14.0. The first-order chi connectivity index (χ1) is 23.9. The van der Waals surface area contributed by atoms with Crippen molar-refractivity contribution in [3.63, 3.8) is 0 Å². The van der Waals surface area contributed by atoms with Crippen LogP contribution in [0.15, 0.2) is 82.6 Å². The standard InChI is InChI=1S/C34H25F3N4O7S2/c35-34(36,37)15-4-3-5-16(12-15)38-23(42)14-48-22-7-2-1-6-19(22)24-25-20-13-21(28(25)49-30-29(24)50-33(45)39-30)27-26(20)31(43)40(32(27)44)17-8-10-18(11-9-17)41(46)47/h1-12,20-21,24-28H,13-14H2,(H,38,42)(H,39,45)/t20-,21-,24+,25-,26+,27+,28-/m1/s1. The van der Waals surface area contributed by atoms with Gasteiger partial charge in [-0.05, 0) is 60.6 Å². The van der Waals surface area contributed by atoms with Crippen LogP contribution < -0.4 is 19.8 Å². The van der Waals surface area contributed by atoms with Gasteiger partial charge in [0.1, 0.15) is 5.75 Å². The number of H-pyrrole nitrogens is 1. The molecule has 3 heterocycles. The highest BCUT2D eigenvalue weighted by molar-refractivity contribution is 8.00. The summed E-state index contributed by atoms with van der Waals surface area (Å²) in [5.74, 6) is -3.21. The molecule has 1 saturated heterocycles. The number of amides is 3. The molecule has 3 aromatic carbocycles. The third kappa shape index (κ3) is 5.19. The largest absolute Gasteiger partial charge is 0.483 e. The van der Waals surface area contributed by atoms with Gasteiger partial charge >= 0.3 is 11.0 Å². The van der Waals surface area contributed by atoms with E-state index in [1.165, 1.54) is 48.2 Å². The predicted molar refractivity (Wildman–Crippen MR) is 176 cm³/mol. The second-order valence-electron chi connectivity index (χ2n) is 12.7. The molecule has 256 valence electrons. The van der Waals surface area contributed by atoms with Crippen LogP contribution in [0.3, 0.4) is 0 Å². The molecule has 4 aromatic rings. The van der Waals surface area contributed by atoms with Crippen LogP contribution in [-0.4, -0.2) is 39.5 Å². The van der Waals surface area contributed by atoms with E-state index in [0.717, 1.165) is 33.2 Å². The number of carbonyl (C=O) groups excluding carboxylic acids is 3. The van der Waals surface area contributed by atoms with Crippen molar-refractivity contribution in [1.29, 1.82) is 0 Å². The Bertz CT molecular complexity index is 2140. The lowest BCUT2D eigenvalue weighted by atomic mass is 9.68. The summed E-state index contributed by atoms with van der Waals surface area (Å²) in [5.41, 5.74) is -0.145. The number of aromatic amines is 1.